The number of hydrogen-bond acceptors (Lipinski definition) is 4. The lowest BCUT2D eigenvalue weighted by atomic mass is 10.1. The van der Waals surface area contributed by atoms with Crippen LogP contribution in [0.15, 0.2) is 35.7 Å². The minimum absolute atomic E-state index is 0.193. The monoisotopic (exact) mass is 304 g/mol. The van der Waals surface area contributed by atoms with Crippen LogP contribution in [0, 0.1) is 10.1 Å². The molecular weight excluding hydrogens is 284 g/mol. The molecular formula is C16H20N2O2S. The molecule has 0 radical (unpaired) electrons. The van der Waals surface area contributed by atoms with Gasteiger partial charge >= 0.3 is 5.00 Å². The molecule has 1 N–H and O–H groups in total. The van der Waals surface area contributed by atoms with Crippen LogP contribution in [0.2, 0.25) is 0 Å². The van der Waals surface area contributed by atoms with Crippen molar-refractivity contribution in [2.75, 3.05) is 5.32 Å². The second kappa shape index (κ2) is 7.78. The van der Waals surface area contributed by atoms with Crippen molar-refractivity contribution in [3.8, 4) is 0 Å². The summed E-state index contributed by atoms with van der Waals surface area (Å²) >= 11 is 1.17. The fraction of sp³-hybridized carbons (Fsp3) is 0.375. The second-order valence-corrected chi connectivity index (χ2v) is 5.95. The Morgan fingerprint density at radius 2 is 1.95 bits per heavy atom. The Morgan fingerprint density at radius 3 is 2.57 bits per heavy atom. The molecule has 0 fully saturated rings. The zero-order valence-electron chi connectivity index (χ0n) is 12.2. The van der Waals surface area contributed by atoms with Gasteiger partial charge in [0.1, 0.15) is 0 Å². The molecule has 1 aromatic carbocycles. The van der Waals surface area contributed by atoms with Crippen molar-refractivity contribution in [2.24, 2.45) is 0 Å². The maximum atomic E-state index is 10.6. The van der Waals surface area contributed by atoms with E-state index < -0.39 is 0 Å². The average molecular weight is 304 g/mol. The Balaban J connectivity index is 1.83. The molecule has 0 spiro atoms. The predicted molar refractivity (Wildman–Crippen MR) is 88.0 cm³/mol. The Labute approximate surface area is 129 Å². The number of nitrogens with zero attached hydrogens (tertiary/aromatic N) is 1. The molecule has 0 aliphatic rings. The van der Waals surface area contributed by atoms with Crippen molar-refractivity contribution >= 4 is 22.0 Å². The molecule has 2 rings (SSSR count). The molecule has 112 valence electrons. The summed E-state index contributed by atoms with van der Waals surface area (Å²) < 4.78 is 0. The van der Waals surface area contributed by atoms with Crippen LogP contribution in [0.5, 0.6) is 0 Å². The third-order valence-corrected chi connectivity index (χ3v) is 4.27. The molecule has 1 aromatic heterocycles. The van der Waals surface area contributed by atoms with Crippen LogP contribution in [0.3, 0.4) is 0 Å². The average Bonchev–Trinajstić information content (AvgIpc) is 2.96. The molecule has 4 nitrogen and oxygen atoms in total. The molecule has 0 aliphatic heterocycles. The van der Waals surface area contributed by atoms with E-state index in [9.17, 15) is 10.1 Å². The number of hydrogen-bond donors (Lipinski definition) is 1. The summed E-state index contributed by atoms with van der Waals surface area (Å²) in [5, 5.41) is 15.9. The molecule has 0 atom stereocenters. The van der Waals surface area contributed by atoms with Crippen molar-refractivity contribution < 1.29 is 4.92 Å². The van der Waals surface area contributed by atoms with Crippen molar-refractivity contribution in [3.05, 3.63) is 57.0 Å². The van der Waals surface area contributed by atoms with E-state index in [1.54, 1.807) is 6.07 Å². The fourth-order valence-corrected chi connectivity index (χ4v) is 2.85. The van der Waals surface area contributed by atoms with Crippen molar-refractivity contribution in [3.63, 3.8) is 0 Å². The number of nitro groups is 1. The van der Waals surface area contributed by atoms with Gasteiger partial charge in [-0.1, -0.05) is 43.2 Å². The van der Waals surface area contributed by atoms with Gasteiger partial charge in [0, 0.05) is 23.7 Å². The van der Waals surface area contributed by atoms with Gasteiger partial charge in [-0.2, -0.15) is 0 Å². The Bertz CT molecular complexity index is 578. The van der Waals surface area contributed by atoms with Gasteiger partial charge in [0.2, 0.25) is 0 Å². The Hall–Kier alpha value is -1.88. The summed E-state index contributed by atoms with van der Waals surface area (Å²) in [6, 6.07) is 10.1. The number of unbranched alkanes of at least 4 members (excludes halogenated alkanes) is 2. The van der Waals surface area contributed by atoms with Gasteiger partial charge in [-0.15, -0.1) is 0 Å². The van der Waals surface area contributed by atoms with Crippen LogP contribution in [0.1, 0.15) is 37.3 Å². The molecule has 0 bridgehead atoms. The summed E-state index contributed by atoms with van der Waals surface area (Å²) in [4.78, 5) is 10.3. The third-order valence-electron chi connectivity index (χ3n) is 3.34. The first-order valence-corrected chi connectivity index (χ1v) is 8.11. The number of aryl methyl sites for hydroxylation is 1. The SMILES string of the molecule is CCCCCc1ccc(NCc2csc([N+](=O)[O-])c2)cc1. The third kappa shape index (κ3) is 4.86. The van der Waals surface area contributed by atoms with Crippen LogP contribution in [-0.2, 0) is 13.0 Å². The van der Waals surface area contributed by atoms with Gasteiger partial charge in [-0.25, -0.2) is 0 Å². The number of nitrogens with one attached hydrogen (secondary N) is 1. The smallest absolute Gasteiger partial charge is 0.324 e. The summed E-state index contributed by atoms with van der Waals surface area (Å²) in [6.07, 6.45) is 4.88. The first-order chi connectivity index (χ1) is 10.2. The van der Waals surface area contributed by atoms with Crippen LogP contribution in [0.25, 0.3) is 0 Å². The fourth-order valence-electron chi connectivity index (χ4n) is 2.12. The van der Waals surface area contributed by atoms with Crippen molar-refractivity contribution in [1.29, 1.82) is 0 Å². The largest absolute Gasteiger partial charge is 0.381 e. The van der Waals surface area contributed by atoms with Gasteiger partial charge in [-0.05, 0) is 36.1 Å². The van der Waals surface area contributed by atoms with Crippen LogP contribution >= 0.6 is 11.3 Å². The van der Waals surface area contributed by atoms with Crippen LogP contribution < -0.4 is 5.32 Å². The van der Waals surface area contributed by atoms with E-state index in [0.29, 0.717) is 6.54 Å². The van der Waals surface area contributed by atoms with Gasteiger partial charge in [0.05, 0.1) is 4.92 Å². The Morgan fingerprint density at radius 1 is 1.19 bits per heavy atom. The van der Waals surface area contributed by atoms with E-state index >= 15 is 0 Å². The molecule has 0 saturated carbocycles. The normalized spacial score (nSPS) is 10.5. The van der Waals surface area contributed by atoms with Crippen molar-refractivity contribution in [1.82, 2.24) is 0 Å². The first-order valence-electron chi connectivity index (χ1n) is 7.23. The molecule has 2 aromatic rings. The molecule has 0 amide bonds. The molecule has 1 heterocycles. The van der Waals surface area contributed by atoms with Crippen LogP contribution in [-0.4, -0.2) is 4.92 Å². The van der Waals surface area contributed by atoms with E-state index in [1.807, 2.05) is 5.38 Å². The highest BCUT2D eigenvalue weighted by atomic mass is 32.1. The summed E-state index contributed by atoms with van der Waals surface area (Å²) in [6.45, 7) is 2.82. The lowest BCUT2D eigenvalue weighted by molar-refractivity contribution is -0.380. The first kappa shape index (κ1) is 15.5. The van der Waals surface area contributed by atoms with Gasteiger partial charge in [-0.3, -0.25) is 10.1 Å². The summed E-state index contributed by atoms with van der Waals surface area (Å²) in [5.74, 6) is 0. The number of anilines is 1. The zero-order valence-corrected chi connectivity index (χ0v) is 13.0. The topological polar surface area (TPSA) is 55.2 Å². The molecule has 0 aliphatic carbocycles. The van der Waals surface area contributed by atoms with E-state index in [0.717, 1.165) is 17.7 Å². The van der Waals surface area contributed by atoms with Gasteiger partial charge < -0.3 is 5.32 Å². The lowest BCUT2D eigenvalue weighted by Crippen LogP contribution is -1.98. The summed E-state index contributed by atoms with van der Waals surface area (Å²) in [5.41, 5.74) is 3.35. The van der Waals surface area contributed by atoms with Crippen LogP contribution in [0.4, 0.5) is 10.7 Å². The predicted octanol–water partition coefficient (Wildman–Crippen LogP) is 5.00. The Kier molecular flexibility index (Phi) is 5.75. The highest BCUT2D eigenvalue weighted by Gasteiger charge is 2.09. The minimum Gasteiger partial charge on any atom is -0.381 e. The highest BCUT2D eigenvalue weighted by Crippen LogP contribution is 2.23. The number of benzene rings is 1. The summed E-state index contributed by atoms with van der Waals surface area (Å²) in [7, 11) is 0. The molecule has 21 heavy (non-hydrogen) atoms. The minimum atomic E-state index is -0.348. The lowest BCUT2D eigenvalue weighted by Gasteiger charge is -2.06. The van der Waals surface area contributed by atoms with Gasteiger partial charge in [0.15, 0.2) is 0 Å². The molecule has 5 heteroatoms. The number of thiophene rings is 1. The quantitative estimate of drug-likeness (QED) is 0.424. The van der Waals surface area contributed by atoms with Gasteiger partial charge in [0.25, 0.3) is 0 Å². The molecule has 0 unspecified atom stereocenters. The molecule has 0 saturated heterocycles. The van der Waals surface area contributed by atoms with E-state index in [-0.39, 0.29) is 9.92 Å². The number of rotatable bonds is 8. The van der Waals surface area contributed by atoms with E-state index in [4.69, 9.17) is 0 Å². The maximum Gasteiger partial charge on any atom is 0.324 e. The second-order valence-electron chi connectivity index (χ2n) is 5.06. The van der Waals surface area contributed by atoms with Crippen molar-refractivity contribution in [2.45, 2.75) is 39.2 Å². The highest BCUT2D eigenvalue weighted by molar-refractivity contribution is 7.13. The zero-order chi connectivity index (χ0) is 15.1. The maximum absolute atomic E-state index is 10.6. The van der Waals surface area contributed by atoms with E-state index in [1.165, 1.54) is 36.2 Å². The van der Waals surface area contributed by atoms with E-state index in [2.05, 4.69) is 36.5 Å². The standard InChI is InChI=1S/C16H20N2O2S/c1-2-3-4-5-13-6-8-15(9-7-13)17-11-14-10-16(18(19)20)21-12-14/h6-10,12,17H,2-5,11H2,1H3.